The summed E-state index contributed by atoms with van der Waals surface area (Å²) >= 11 is 0. The van der Waals surface area contributed by atoms with Crippen LogP contribution in [-0.2, 0) is 14.6 Å². The van der Waals surface area contributed by atoms with Crippen molar-refractivity contribution in [1.82, 2.24) is 0 Å². The molecule has 4 N–H and O–H groups in total. The quantitative estimate of drug-likeness (QED) is 0.580. The van der Waals surface area contributed by atoms with E-state index < -0.39 is 26.7 Å². The zero-order chi connectivity index (χ0) is 9.78. The topological polar surface area (TPSA) is 120 Å². The van der Waals surface area contributed by atoms with Crippen LogP contribution in [-0.4, -0.2) is 25.3 Å². The lowest BCUT2D eigenvalue weighted by atomic mass is 10.3. The predicted molar refractivity (Wildman–Crippen MR) is 41.8 cm³/mol. The number of rotatable bonds is 4. The number of sulfone groups is 1. The van der Waals surface area contributed by atoms with Gasteiger partial charge in [-0.25, -0.2) is 8.42 Å². The van der Waals surface area contributed by atoms with Crippen molar-refractivity contribution in [3.05, 3.63) is 0 Å². The van der Waals surface area contributed by atoms with Gasteiger partial charge in [0.25, 0.3) is 0 Å². The Labute approximate surface area is 69.8 Å². The number of primary amides is 2. The first kappa shape index (κ1) is 10.9. The summed E-state index contributed by atoms with van der Waals surface area (Å²) < 4.78 is 21.4. The molecule has 0 saturated carbocycles. The Morgan fingerprint density at radius 2 is 1.67 bits per heavy atom. The number of amides is 2. The van der Waals surface area contributed by atoms with Gasteiger partial charge in [0.05, 0.1) is 5.75 Å². The Morgan fingerprint density at radius 1 is 1.17 bits per heavy atom. The maximum absolute atomic E-state index is 10.7. The Morgan fingerprint density at radius 3 is 2.00 bits per heavy atom. The van der Waals surface area contributed by atoms with E-state index in [2.05, 4.69) is 5.73 Å². The summed E-state index contributed by atoms with van der Waals surface area (Å²) in [5, 5.41) is -1.37. The maximum Gasteiger partial charge on any atom is 0.333 e. The summed E-state index contributed by atoms with van der Waals surface area (Å²) in [6.07, 6.45) is -0.0346. The molecule has 0 atom stereocenters. The van der Waals surface area contributed by atoms with E-state index >= 15 is 0 Å². The summed E-state index contributed by atoms with van der Waals surface area (Å²) in [4.78, 5) is 20.4. The summed E-state index contributed by atoms with van der Waals surface area (Å²) in [6.45, 7) is 0. The van der Waals surface area contributed by atoms with Crippen molar-refractivity contribution >= 4 is 21.0 Å². The van der Waals surface area contributed by atoms with Gasteiger partial charge < -0.3 is 11.5 Å². The molecule has 0 heterocycles. The van der Waals surface area contributed by atoms with E-state index in [1.54, 1.807) is 0 Å². The van der Waals surface area contributed by atoms with Crippen LogP contribution in [0.15, 0.2) is 0 Å². The minimum Gasteiger partial charge on any atom is -0.370 e. The Kier molecular flexibility index (Phi) is 3.68. The van der Waals surface area contributed by atoms with Gasteiger partial charge in [-0.3, -0.25) is 9.59 Å². The van der Waals surface area contributed by atoms with E-state index in [1.165, 1.54) is 0 Å². The summed E-state index contributed by atoms with van der Waals surface area (Å²) in [5.74, 6) is -1.03. The lowest BCUT2D eigenvalue weighted by molar-refractivity contribution is -0.118. The molecule has 0 aromatic carbocycles. The van der Waals surface area contributed by atoms with Gasteiger partial charge in [-0.15, -0.1) is 0 Å². The molecule has 0 aromatic rings. The highest BCUT2D eigenvalue weighted by Gasteiger charge is 2.17. The van der Waals surface area contributed by atoms with Crippen molar-refractivity contribution in [3.8, 4) is 0 Å². The molecule has 0 aliphatic heterocycles. The summed E-state index contributed by atoms with van der Waals surface area (Å²) in [7, 11) is -3.86. The van der Waals surface area contributed by atoms with E-state index in [0.717, 1.165) is 0 Å². The molecule has 0 radical (unpaired) electrons. The van der Waals surface area contributed by atoms with Gasteiger partial charge in [0.15, 0.2) is 0 Å². The molecule has 70 valence electrons. The van der Waals surface area contributed by atoms with Crippen molar-refractivity contribution < 1.29 is 18.0 Å². The van der Waals surface area contributed by atoms with Crippen molar-refractivity contribution in [2.24, 2.45) is 11.5 Å². The third-order valence-electron chi connectivity index (χ3n) is 1.14. The highest BCUT2D eigenvalue weighted by molar-refractivity contribution is 8.05. The second kappa shape index (κ2) is 4.05. The van der Waals surface area contributed by atoms with Gasteiger partial charge in [-0.1, -0.05) is 0 Å². The van der Waals surface area contributed by atoms with Gasteiger partial charge in [-0.2, -0.15) is 0 Å². The minimum atomic E-state index is -3.86. The number of hydrogen-bond donors (Lipinski definition) is 2. The molecule has 0 saturated heterocycles. The molecule has 0 aliphatic rings. The molecule has 6 nitrogen and oxygen atoms in total. The molecule has 0 bridgehead atoms. The molecule has 0 aliphatic carbocycles. The second-order valence-corrected chi connectivity index (χ2v) is 4.25. The fourth-order valence-corrected chi connectivity index (χ4v) is 1.26. The van der Waals surface area contributed by atoms with Gasteiger partial charge in [0.2, 0.25) is 15.7 Å². The molecule has 2 amide bonds. The molecule has 0 rings (SSSR count). The van der Waals surface area contributed by atoms with Gasteiger partial charge >= 0.3 is 5.24 Å². The first-order valence-corrected chi connectivity index (χ1v) is 4.82. The van der Waals surface area contributed by atoms with E-state index in [4.69, 9.17) is 5.73 Å². The van der Waals surface area contributed by atoms with Crippen LogP contribution in [0.4, 0.5) is 4.79 Å². The molecule has 0 unspecified atom stereocenters. The highest BCUT2D eigenvalue weighted by Crippen LogP contribution is 1.96. The van der Waals surface area contributed by atoms with Crippen LogP contribution < -0.4 is 11.5 Å². The predicted octanol–water partition coefficient (Wildman–Crippen LogP) is -1.25. The van der Waals surface area contributed by atoms with E-state index in [9.17, 15) is 18.0 Å². The lowest BCUT2D eigenvalue weighted by Gasteiger charge is -1.96. The normalized spacial score (nSPS) is 11.0. The molecule has 0 spiro atoms. The molecular weight excluding hydrogens is 184 g/mol. The zero-order valence-corrected chi connectivity index (χ0v) is 7.13. The second-order valence-electron chi connectivity index (χ2n) is 2.21. The van der Waals surface area contributed by atoms with Crippen LogP contribution in [0.3, 0.4) is 0 Å². The Balaban J connectivity index is 3.95. The van der Waals surface area contributed by atoms with Crippen molar-refractivity contribution in [2.75, 3.05) is 5.75 Å². The molecular formula is C5H10N2O4S. The third-order valence-corrected chi connectivity index (χ3v) is 2.58. The first-order valence-electron chi connectivity index (χ1n) is 3.17. The Hall–Kier alpha value is -1.11. The van der Waals surface area contributed by atoms with Crippen molar-refractivity contribution in [1.29, 1.82) is 0 Å². The molecule has 0 fully saturated rings. The number of nitrogens with two attached hydrogens (primary N) is 2. The molecule has 7 heteroatoms. The standard InChI is InChI=1S/C5H10N2O4S/c6-4(8)2-1-3-12(10,11)5(7)9/h1-3H2,(H2,6,8)(H2,7,9). The zero-order valence-electron chi connectivity index (χ0n) is 6.32. The SMILES string of the molecule is NC(=O)CCCS(=O)(=O)C(N)=O. The average Bonchev–Trinajstić information content (AvgIpc) is 1.85. The minimum absolute atomic E-state index is 0.0284. The van der Waals surface area contributed by atoms with Crippen LogP contribution in [0.1, 0.15) is 12.8 Å². The third kappa shape index (κ3) is 3.91. The number of carbonyl (C=O) groups excluding carboxylic acids is 2. The van der Waals surface area contributed by atoms with Gasteiger partial charge in [0.1, 0.15) is 0 Å². The van der Waals surface area contributed by atoms with Crippen LogP contribution in [0, 0.1) is 0 Å². The van der Waals surface area contributed by atoms with Crippen LogP contribution in [0.2, 0.25) is 0 Å². The van der Waals surface area contributed by atoms with Gasteiger partial charge in [-0.05, 0) is 6.42 Å². The highest BCUT2D eigenvalue weighted by atomic mass is 32.2. The van der Waals surface area contributed by atoms with Crippen molar-refractivity contribution in [3.63, 3.8) is 0 Å². The van der Waals surface area contributed by atoms with Crippen molar-refractivity contribution in [2.45, 2.75) is 12.8 Å². The van der Waals surface area contributed by atoms with Crippen LogP contribution >= 0.6 is 0 Å². The maximum atomic E-state index is 10.7. The average molecular weight is 194 g/mol. The fourth-order valence-electron chi connectivity index (χ4n) is 0.537. The smallest absolute Gasteiger partial charge is 0.333 e. The van der Waals surface area contributed by atoms with E-state index in [0.29, 0.717) is 0 Å². The summed E-state index contributed by atoms with van der Waals surface area (Å²) in [6, 6.07) is 0. The van der Waals surface area contributed by atoms with E-state index in [1.807, 2.05) is 0 Å². The van der Waals surface area contributed by atoms with Crippen LogP contribution in [0.5, 0.6) is 0 Å². The largest absolute Gasteiger partial charge is 0.370 e. The summed E-state index contributed by atoms with van der Waals surface area (Å²) in [5.41, 5.74) is 9.29. The fraction of sp³-hybridized carbons (Fsp3) is 0.600. The first-order chi connectivity index (χ1) is 5.36. The van der Waals surface area contributed by atoms with E-state index in [-0.39, 0.29) is 12.8 Å². The monoisotopic (exact) mass is 194 g/mol. The molecule has 12 heavy (non-hydrogen) atoms. The number of carbonyl (C=O) groups is 2. The van der Waals surface area contributed by atoms with Crippen LogP contribution in [0.25, 0.3) is 0 Å². The van der Waals surface area contributed by atoms with Gasteiger partial charge in [0, 0.05) is 6.42 Å². The Bertz CT molecular complexity index is 282. The molecule has 0 aromatic heterocycles. The number of hydrogen-bond acceptors (Lipinski definition) is 4. The lowest BCUT2D eigenvalue weighted by Crippen LogP contribution is -2.25.